The molecule has 0 saturated heterocycles. The van der Waals surface area contributed by atoms with Crippen LogP contribution in [0.1, 0.15) is 5.69 Å². The molecule has 0 aliphatic heterocycles. The Morgan fingerprint density at radius 3 is 2.94 bits per heavy atom. The molecule has 0 amide bonds. The van der Waals surface area contributed by atoms with E-state index in [1.807, 2.05) is 16.8 Å². The molecule has 0 saturated carbocycles. The average molecular weight is 262 g/mol. The van der Waals surface area contributed by atoms with Gasteiger partial charge in [-0.15, -0.1) is 11.3 Å². The molecule has 0 radical (unpaired) electrons. The van der Waals surface area contributed by atoms with E-state index in [-0.39, 0.29) is 5.57 Å². The number of nitriles is 1. The highest BCUT2D eigenvalue weighted by molar-refractivity contribution is 7.14. The first kappa shape index (κ1) is 11.5. The van der Waals surface area contributed by atoms with Crippen molar-refractivity contribution in [1.29, 1.82) is 5.26 Å². The van der Waals surface area contributed by atoms with Crippen molar-refractivity contribution in [3.8, 4) is 16.6 Å². The molecule has 0 atom stereocenters. The zero-order chi connectivity index (χ0) is 12.3. The van der Waals surface area contributed by atoms with Gasteiger partial charge in [0.2, 0.25) is 0 Å². The van der Waals surface area contributed by atoms with Crippen molar-refractivity contribution in [3.63, 3.8) is 0 Å². The van der Waals surface area contributed by atoms with Gasteiger partial charge in [0.25, 0.3) is 0 Å². The van der Waals surface area contributed by atoms with Gasteiger partial charge in [0.1, 0.15) is 16.6 Å². The van der Waals surface area contributed by atoms with Crippen LogP contribution in [0.2, 0.25) is 0 Å². The Morgan fingerprint density at radius 1 is 1.53 bits per heavy atom. The number of carboxylic acid groups (broad SMARTS) is 1. The lowest BCUT2D eigenvalue weighted by Gasteiger charge is -1.88. The van der Waals surface area contributed by atoms with Crippen molar-refractivity contribution in [2.75, 3.05) is 0 Å². The molecule has 0 aliphatic rings. The van der Waals surface area contributed by atoms with E-state index in [0.717, 1.165) is 10.6 Å². The SMILES string of the molecule is N#CC(=Cc1csc(-c2ccsc2)n1)C(=O)O. The second kappa shape index (κ2) is 4.91. The number of thiophene rings is 1. The van der Waals surface area contributed by atoms with E-state index in [2.05, 4.69) is 4.98 Å². The van der Waals surface area contributed by atoms with Crippen molar-refractivity contribution < 1.29 is 9.90 Å². The minimum absolute atomic E-state index is 0.313. The van der Waals surface area contributed by atoms with Gasteiger partial charge in [0.05, 0.1) is 5.69 Å². The zero-order valence-electron chi connectivity index (χ0n) is 8.45. The molecule has 84 valence electrons. The maximum absolute atomic E-state index is 10.7. The molecule has 2 rings (SSSR count). The van der Waals surface area contributed by atoms with Gasteiger partial charge >= 0.3 is 5.97 Å². The van der Waals surface area contributed by atoms with Gasteiger partial charge in [-0.2, -0.15) is 16.6 Å². The lowest BCUT2D eigenvalue weighted by molar-refractivity contribution is -0.132. The molecule has 0 aliphatic carbocycles. The van der Waals surface area contributed by atoms with Gasteiger partial charge < -0.3 is 5.11 Å². The van der Waals surface area contributed by atoms with Crippen LogP contribution in [0.4, 0.5) is 0 Å². The van der Waals surface area contributed by atoms with E-state index in [9.17, 15) is 4.79 Å². The molecule has 2 aromatic rings. The molecular weight excluding hydrogens is 256 g/mol. The fraction of sp³-hybridized carbons (Fsp3) is 0. The number of aromatic nitrogens is 1. The summed E-state index contributed by atoms with van der Waals surface area (Å²) in [6, 6.07) is 3.57. The summed E-state index contributed by atoms with van der Waals surface area (Å²) in [4.78, 5) is 14.9. The standard InChI is InChI=1S/C11H6N2O2S2/c12-4-8(11(14)15)3-9-6-17-10(13-9)7-1-2-16-5-7/h1-3,5-6H,(H,14,15). The number of hydrogen-bond donors (Lipinski definition) is 1. The third-order valence-corrected chi connectivity index (χ3v) is 3.53. The Labute approximate surface area is 105 Å². The van der Waals surface area contributed by atoms with Gasteiger partial charge in [0, 0.05) is 16.3 Å². The van der Waals surface area contributed by atoms with Gasteiger partial charge in [0.15, 0.2) is 0 Å². The van der Waals surface area contributed by atoms with Crippen molar-refractivity contribution in [2.45, 2.75) is 0 Å². The van der Waals surface area contributed by atoms with Crippen molar-refractivity contribution in [3.05, 3.63) is 33.5 Å². The molecule has 17 heavy (non-hydrogen) atoms. The Kier molecular flexibility index (Phi) is 3.32. The molecule has 4 nitrogen and oxygen atoms in total. The summed E-state index contributed by atoms with van der Waals surface area (Å²) < 4.78 is 0. The van der Waals surface area contributed by atoms with E-state index in [4.69, 9.17) is 10.4 Å². The van der Waals surface area contributed by atoms with Crippen LogP contribution < -0.4 is 0 Å². The van der Waals surface area contributed by atoms with E-state index < -0.39 is 5.97 Å². The van der Waals surface area contributed by atoms with Crippen LogP contribution in [0.25, 0.3) is 16.6 Å². The Morgan fingerprint density at radius 2 is 2.35 bits per heavy atom. The lowest BCUT2D eigenvalue weighted by atomic mass is 10.2. The highest BCUT2D eigenvalue weighted by atomic mass is 32.1. The molecule has 0 bridgehead atoms. The number of nitrogens with zero attached hydrogens (tertiary/aromatic N) is 2. The Hall–Kier alpha value is -1.97. The van der Waals surface area contributed by atoms with Crippen LogP contribution in [0.3, 0.4) is 0 Å². The summed E-state index contributed by atoms with van der Waals surface area (Å²) in [7, 11) is 0. The van der Waals surface area contributed by atoms with Crippen molar-refractivity contribution >= 4 is 34.7 Å². The van der Waals surface area contributed by atoms with E-state index in [1.165, 1.54) is 17.4 Å². The predicted molar refractivity (Wildman–Crippen MR) is 66.7 cm³/mol. The van der Waals surface area contributed by atoms with E-state index in [1.54, 1.807) is 22.8 Å². The smallest absolute Gasteiger partial charge is 0.346 e. The number of carbonyl (C=O) groups is 1. The molecule has 0 fully saturated rings. The van der Waals surface area contributed by atoms with Crippen LogP contribution in [-0.4, -0.2) is 16.1 Å². The van der Waals surface area contributed by atoms with E-state index >= 15 is 0 Å². The monoisotopic (exact) mass is 262 g/mol. The molecule has 2 heterocycles. The molecule has 0 aromatic carbocycles. The largest absolute Gasteiger partial charge is 0.477 e. The maximum Gasteiger partial charge on any atom is 0.346 e. The normalized spacial score (nSPS) is 11.1. The fourth-order valence-electron chi connectivity index (χ4n) is 1.16. The Bertz CT molecular complexity index is 606. The molecule has 0 unspecified atom stereocenters. The number of thiazole rings is 1. The van der Waals surface area contributed by atoms with E-state index in [0.29, 0.717) is 5.69 Å². The van der Waals surface area contributed by atoms with Crippen molar-refractivity contribution in [2.24, 2.45) is 0 Å². The summed E-state index contributed by atoms with van der Waals surface area (Å²) in [6.07, 6.45) is 1.27. The van der Waals surface area contributed by atoms with Gasteiger partial charge in [-0.3, -0.25) is 0 Å². The summed E-state index contributed by atoms with van der Waals surface area (Å²) in [5.41, 5.74) is 1.19. The lowest BCUT2D eigenvalue weighted by Crippen LogP contribution is -1.97. The highest BCUT2D eigenvalue weighted by Gasteiger charge is 2.08. The number of rotatable bonds is 3. The first-order chi connectivity index (χ1) is 8.20. The first-order valence-electron chi connectivity index (χ1n) is 4.54. The topological polar surface area (TPSA) is 74.0 Å². The predicted octanol–water partition coefficient (Wildman–Crippen LogP) is 2.86. The maximum atomic E-state index is 10.7. The van der Waals surface area contributed by atoms with Crippen LogP contribution in [0.15, 0.2) is 27.8 Å². The molecule has 1 N–H and O–H groups in total. The second-order valence-electron chi connectivity index (χ2n) is 3.06. The minimum Gasteiger partial charge on any atom is -0.477 e. The molecular formula is C11H6N2O2S2. The van der Waals surface area contributed by atoms with Crippen molar-refractivity contribution in [1.82, 2.24) is 4.98 Å². The third-order valence-electron chi connectivity index (χ3n) is 1.93. The molecule has 2 aromatic heterocycles. The van der Waals surface area contributed by atoms with Crippen LogP contribution in [0.5, 0.6) is 0 Å². The number of hydrogen-bond acceptors (Lipinski definition) is 5. The zero-order valence-corrected chi connectivity index (χ0v) is 10.1. The van der Waals surface area contributed by atoms with Gasteiger partial charge in [-0.05, 0) is 17.5 Å². The summed E-state index contributed by atoms with van der Waals surface area (Å²) >= 11 is 2.99. The summed E-state index contributed by atoms with van der Waals surface area (Å²) in [5.74, 6) is -1.24. The quantitative estimate of drug-likeness (QED) is 0.681. The average Bonchev–Trinajstić information content (AvgIpc) is 2.95. The molecule has 0 spiro atoms. The minimum atomic E-state index is -1.24. The second-order valence-corrected chi connectivity index (χ2v) is 4.70. The third kappa shape index (κ3) is 2.58. The van der Waals surface area contributed by atoms with Crippen LogP contribution in [0, 0.1) is 11.3 Å². The Balaban J connectivity index is 2.31. The molecule has 6 heteroatoms. The first-order valence-corrected chi connectivity index (χ1v) is 6.36. The van der Waals surface area contributed by atoms with Gasteiger partial charge in [-0.25, -0.2) is 9.78 Å². The van der Waals surface area contributed by atoms with Gasteiger partial charge in [-0.1, -0.05) is 0 Å². The fourth-order valence-corrected chi connectivity index (χ4v) is 2.65. The number of carboxylic acids is 1. The summed E-state index contributed by atoms with van der Waals surface area (Å²) in [5, 5.41) is 23.8. The summed E-state index contributed by atoms with van der Waals surface area (Å²) in [6.45, 7) is 0. The van der Waals surface area contributed by atoms with Crippen LogP contribution in [-0.2, 0) is 4.79 Å². The number of aliphatic carboxylic acids is 1. The van der Waals surface area contributed by atoms with Crippen LogP contribution >= 0.6 is 22.7 Å². The highest BCUT2D eigenvalue weighted by Crippen LogP contribution is 2.26.